The fraction of sp³-hybridized carbons (Fsp3) is 1.00. The Hall–Kier alpha value is -0.0800. The van der Waals surface area contributed by atoms with Gasteiger partial charge in [-0.15, -0.1) is 0 Å². The third-order valence-corrected chi connectivity index (χ3v) is 7.07. The molecule has 2 heteroatoms. The van der Waals surface area contributed by atoms with Gasteiger partial charge in [-0.1, -0.05) is 52.4 Å². The van der Waals surface area contributed by atoms with E-state index in [-0.39, 0.29) is 6.10 Å². The van der Waals surface area contributed by atoms with Crippen LogP contribution in [0.1, 0.15) is 98.3 Å². The van der Waals surface area contributed by atoms with E-state index in [1.807, 2.05) is 0 Å². The van der Waals surface area contributed by atoms with Crippen LogP contribution in [0.2, 0.25) is 0 Å². The maximum absolute atomic E-state index is 11.1. The van der Waals surface area contributed by atoms with E-state index in [0.29, 0.717) is 17.9 Å². The van der Waals surface area contributed by atoms with Gasteiger partial charge in [-0.25, -0.2) is 0 Å². The van der Waals surface area contributed by atoms with Crippen molar-refractivity contribution in [2.24, 2.45) is 29.6 Å². The van der Waals surface area contributed by atoms with E-state index in [1.165, 1.54) is 64.2 Å². The predicted molar refractivity (Wildman–Crippen MR) is 107 cm³/mol. The second-order valence-electron chi connectivity index (χ2n) is 9.44. The van der Waals surface area contributed by atoms with Crippen LogP contribution in [-0.2, 0) is 4.74 Å². The highest BCUT2D eigenvalue weighted by Gasteiger charge is 2.35. The molecule has 4 unspecified atom stereocenters. The van der Waals surface area contributed by atoms with Crippen LogP contribution in [-0.4, -0.2) is 23.9 Å². The molecule has 0 aromatic carbocycles. The van der Waals surface area contributed by atoms with Gasteiger partial charge in [0.2, 0.25) is 0 Å². The molecule has 0 aliphatic heterocycles. The molecule has 0 aromatic rings. The zero-order valence-electron chi connectivity index (χ0n) is 17.4. The van der Waals surface area contributed by atoms with Crippen molar-refractivity contribution in [3.8, 4) is 0 Å². The Labute approximate surface area is 157 Å². The minimum absolute atomic E-state index is 0.0504. The van der Waals surface area contributed by atoms with E-state index in [2.05, 4.69) is 27.7 Å². The number of ether oxygens (including phenoxy) is 1. The number of aliphatic hydroxyl groups excluding tert-OH is 1. The lowest BCUT2D eigenvalue weighted by Crippen LogP contribution is -2.37. The molecule has 0 saturated heterocycles. The molecule has 2 saturated carbocycles. The first-order chi connectivity index (χ1) is 12.0. The first kappa shape index (κ1) is 21.2. The largest absolute Gasteiger partial charge is 0.393 e. The molecule has 0 spiro atoms. The molecule has 2 fully saturated rings. The van der Waals surface area contributed by atoms with Crippen molar-refractivity contribution in [2.45, 2.75) is 111 Å². The average Bonchev–Trinajstić information content (AvgIpc) is 2.60. The Kier molecular flexibility index (Phi) is 9.27. The molecular weight excluding hydrogens is 308 g/mol. The molecule has 0 aromatic heterocycles. The summed E-state index contributed by atoms with van der Waals surface area (Å²) < 4.78 is 5.67. The highest BCUT2D eigenvalue weighted by molar-refractivity contribution is 4.86. The molecule has 1 N–H and O–H groups in total. The molecule has 4 atom stereocenters. The van der Waals surface area contributed by atoms with Gasteiger partial charge in [0.05, 0.1) is 12.2 Å². The Morgan fingerprint density at radius 3 is 2.32 bits per heavy atom. The SMILES string of the molecule is CCC(C1CCCC(C)C1)C(O)C1CCC(CCCOC(C)C)CC1. The van der Waals surface area contributed by atoms with Crippen LogP contribution in [0.3, 0.4) is 0 Å². The van der Waals surface area contributed by atoms with E-state index in [9.17, 15) is 5.11 Å². The van der Waals surface area contributed by atoms with Gasteiger partial charge in [0.25, 0.3) is 0 Å². The Morgan fingerprint density at radius 1 is 1.00 bits per heavy atom. The van der Waals surface area contributed by atoms with E-state index >= 15 is 0 Å². The minimum Gasteiger partial charge on any atom is -0.393 e. The summed E-state index contributed by atoms with van der Waals surface area (Å²) in [6.07, 6.45) is 14.6. The van der Waals surface area contributed by atoms with Gasteiger partial charge in [-0.3, -0.25) is 0 Å². The summed E-state index contributed by atoms with van der Waals surface area (Å²) in [5.41, 5.74) is 0. The van der Waals surface area contributed by atoms with E-state index < -0.39 is 0 Å². The molecule has 0 radical (unpaired) electrons. The lowest BCUT2D eigenvalue weighted by molar-refractivity contribution is -0.0114. The van der Waals surface area contributed by atoms with Crippen molar-refractivity contribution in [2.75, 3.05) is 6.61 Å². The molecule has 0 bridgehead atoms. The monoisotopic (exact) mass is 352 g/mol. The predicted octanol–water partition coefficient (Wildman–Crippen LogP) is 6.21. The fourth-order valence-electron chi connectivity index (χ4n) is 5.58. The molecule has 2 aliphatic rings. The number of rotatable bonds is 9. The molecular formula is C23H44O2. The lowest BCUT2D eigenvalue weighted by Gasteiger charge is -2.40. The van der Waals surface area contributed by atoms with Gasteiger partial charge in [-0.2, -0.15) is 0 Å². The molecule has 2 rings (SSSR count). The number of aliphatic hydroxyl groups is 1. The van der Waals surface area contributed by atoms with Crippen LogP contribution in [0.4, 0.5) is 0 Å². The summed E-state index contributed by atoms with van der Waals surface area (Å²) in [5, 5.41) is 11.1. The molecule has 148 valence electrons. The second kappa shape index (κ2) is 10.9. The van der Waals surface area contributed by atoms with Crippen molar-refractivity contribution in [1.82, 2.24) is 0 Å². The van der Waals surface area contributed by atoms with Gasteiger partial charge in [0, 0.05) is 6.61 Å². The van der Waals surface area contributed by atoms with E-state index in [1.54, 1.807) is 0 Å². The van der Waals surface area contributed by atoms with E-state index in [0.717, 1.165) is 30.8 Å². The molecule has 25 heavy (non-hydrogen) atoms. The van der Waals surface area contributed by atoms with Gasteiger partial charge in [0.15, 0.2) is 0 Å². The second-order valence-corrected chi connectivity index (χ2v) is 9.44. The maximum atomic E-state index is 11.1. The Morgan fingerprint density at radius 2 is 1.72 bits per heavy atom. The highest BCUT2D eigenvalue weighted by atomic mass is 16.5. The lowest BCUT2D eigenvalue weighted by atomic mass is 9.68. The van der Waals surface area contributed by atoms with Crippen LogP contribution in [0.25, 0.3) is 0 Å². The van der Waals surface area contributed by atoms with Crippen molar-refractivity contribution in [3.63, 3.8) is 0 Å². The van der Waals surface area contributed by atoms with E-state index in [4.69, 9.17) is 4.74 Å². The Bertz CT molecular complexity index is 346. The fourth-order valence-corrected chi connectivity index (χ4v) is 5.58. The standard InChI is InChI=1S/C23H44O2/c1-5-22(21-10-6-8-18(4)16-21)23(24)20-13-11-19(12-14-20)9-7-15-25-17(2)3/h17-24H,5-16H2,1-4H3. The summed E-state index contributed by atoms with van der Waals surface area (Å²) in [7, 11) is 0. The maximum Gasteiger partial charge on any atom is 0.0599 e. The van der Waals surface area contributed by atoms with Gasteiger partial charge >= 0.3 is 0 Å². The van der Waals surface area contributed by atoms with Crippen molar-refractivity contribution in [3.05, 3.63) is 0 Å². The quantitative estimate of drug-likeness (QED) is 0.500. The highest BCUT2D eigenvalue weighted by Crippen LogP contribution is 2.41. The Balaban J connectivity index is 1.72. The zero-order valence-corrected chi connectivity index (χ0v) is 17.4. The van der Waals surface area contributed by atoms with Crippen LogP contribution >= 0.6 is 0 Å². The van der Waals surface area contributed by atoms with Gasteiger partial charge in [-0.05, 0) is 75.5 Å². The first-order valence-electron chi connectivity index (χ1n) is 11.3. The van der Waals surface area contributed by atoms with Crippen LogP contribution in [0.15, 0.2) is 0 Å². The smallest absolute Gasteiger partial charge is 0.0599 e. The summed E-state index contributed by atoms with van der Waals surface area (Å²) in [5.74, 6) is 3.61. The van der Waals surface area contributed by atoms with Crippen LogP contribution in [0.5, 0.6) is 0 Å². The molecule has 0 heterocycles. The van der Waals surface area contributed by atoms with Gasteiger partial charge in [0.1, 0.15) is 0 Å². The molecule has 2 nitrogen and oxygen atoms in total. The third-order valence-electron chi connectivity index (χ3n) is 7.07. The molecule has 0 amide bonds. The van der Waals surface area contributed by atoms with Crippen molar-refractivity contribution >= 4 is 0 Å². The average molecular weight is 353 g/mol. The first-order valence-corrected chi connectivity index (χ1v) is 11.3. The third kappa shape index (κ3) is 6.86. The van der Waals surface area contributed by atoms with Crippen molar-refractivity contribution < 1.29 is 9.84 Å². The minimum atomic E-state index is -0.0504. The normalized spacial score (nSPS) is 33.4. The zero-order chi connectivity index (χ0) is 18.2. The summed E-state index contributed by atoms with van der Waals surface area (Å²) in [4.78, 5) is 0. The van der Waals surface area contributed by atoms with Crippen LogP contribution < -0.4 is 0 Å². The number of hydrogen-bond donors (Lipinski definition) is 1. The van der Waals surface area contributed by atoms with Crippen molar-refractivity contribution in [1.29, 1.82) is 0 Å². The summed E-state index contributed by atoms with van der Waals surface area (Å²) >= 11 is 0. The van der Waals surface area contributed by atoms with Gasteiger partial charge < -0.3 is 9.84 Å². The summed E-state index contributed by atoms with van der Waals surface area (Å²) in [6.45, 7) is 9.85. The van der Waals surface area contributed by atoms with Crippen LogP contribution in [0, 0.1) is 29.6 Å². The topological polar surface area (TPSA) is 29.5 Å². The summed E-state index contributed by atoms with van der Waals surface area (Å²) in [6, 6.07) is 0. The number of hydrogen-bond acceptors (Lipinski definition) is 2. The molecule has 2 aliphatic carbocycles.